The highest BCUT2D eigenvalue weighted by molar-refractivity contribution is 5.88. The lowest BCUT2D eigenvalue weighted by Crippen LogP contribution is -2.60. The summed E-state index contributed by atoms with van der Waals surface area (Å²) in [6.07, 6.45) is -5.47. The molecule has 2 aliphatic rings. The van der Waals surface area contributed by atoms with Crippen molar-refractivity contribution in [3.63, 3.8) is 0 Å². The van der Waals surface area contributed by atoms with Gasteiger partial charge in [-0.3, -0.25) is 0 Å². The van der Waals surface area contributed by atoms with E-state index in [0.29, 0.717) is 0 Å². The van der Waals surface area contributed by atoms with Gasteiger partial charge in [0, 0.05) is 18.4 Å². The van der Waals surface area contributed by atoms with Crippen LogP contribution in [0.2, 0.25) is 0 Å². The van der Waals surface area contributed by atoms with Crippen LogP contribution in [0.15, 0.2) is 24.5 Å². The second-order valence-corrected chi connectivity index (χ2v) is 6.33. The molecule has 0 unspecified atom stereocenters. The number of aliphatic hydroxyl groups is 5. The molecule has 8 atom stereocenters. The van der Waals surface area contributed by atoms with Gasteiger partial charge in [-0.2, -0.15) is 0 Å². The third-order valence-electron chi connectivity index (χ3n) is 4.76. The molecule has 10 heteroatoms. The normalized spacial score (nSPS) is 39.3. The number of aliphatic hydroxyl groups excluding tert-OH is 5. The van der Waals surface area contributed by atoms with Crippen LogP contribution in [0.1, 0.15) is 6.42 Å². The van der Waals surface area contributed by atoms with E-state index in [9.17, 15) is 30.3 Å². The van der Waals surface area contributed by atoms with Gasteiger partial charge >= 0.3 is 5.97 Å². The first-order chi connectivity index (χ1) is 12.9. The van der Waals surface area contributed by atoms with Crippen molar-refractivity contribution < 1.29 is 49.3 Å². The van der Waals surface area contributed by atoms with Crippen molar-refractivity contribution >= 4 is 5.97 Å². The van der Waals surface area contributed by atoms with E-state index in [-0.39, 0.29) is 18.6 Å². The van der Waals surface area contributed by atoms with Crippen LogP contribution >= 0.6 is 0 Å². The number of methoxy groups -OCH3 is 1. The second-order valence-electron chi connectivity index (χ2n) is 6.33. The SMILES string of the molecule is C=C[C@H]1[C@H](O[C@@H]2O[C@H](CO)[C@@H](O)[C@H](O)[C@H]2O)OC=C(C(=O)OC)[C@H]1CCO. The number of carbonyl (C=O) groups is 1. The van der Waals surface area contributed by atoms with E-state index in [1.54, 1.807) is 0 Å². The Morgan fingerprint density at radius 3 is 2.48 bits per heavy atom. The zero-order valence-electron chi connectivity index (χ0n) is 14.9. The molecule has 5 N–H and O–H groups in total. The largest absolute Gasteiger partial charge is 0.471 e. The molecule has 0 spiro atoms. The van der Waals surface area contributed by atoms with E-state index in [4.69, 9.17) is 18.9 Å². The predicted molar refractivity (Wildman–Crippen MR) is 88.7 cm³/mol. The Balaban J connectivity index is 2.20. The second kappa shape index (κ2) is 9.60. The molecule has 2 heterocycles. The Kier molecular flexibility index (Phi) is 7.74. The molecule has 27 heavy (non-hydrogen) atoms. The van der Waals surface area contributed by atoms with Crippen molar-refractivity contribution in [3.05, 3.63) is 24.5 Å². The first-order valence-corrected chi connectivity index (χ1v) is 8.52. The van der Waals surface area contributed by atoms with Gasteiger partial charge in [0.1, 0.15) is 24.4 Å². The van der Waals surface area contributed by atoms with Gasteiger partial charge in [-0.25, -0.2) is 4.79 Å². The fraction of sp³-hybridized carbons (Fsp3) is 0.706. The number of rotatable bonds is 7. The lowest BCUT2D eigenvalue weighted by atomic mass is 9.82. The summed E-state index contributed by atoms with van der Waals surface area (Å²) < 4.78 is 21.1. The third kappa shape index (κ3) is 4.49. The quantitative estimate of drug-likeness (QED) is 0.244. The molecule has 0 aromatic heterocycles. The molecule has 1 fully saturated rings. The Bertz CT molecular complexity index is 548. The van der Waals surface area contributed by atoms with Crippen LogP contribution in [0.5, 0.6) is 0 Å². The molecule has 0 bridgehead atoms. The average Bonchev–Trinajstić information content (AvgIpc) is 2.68. The lowest BCUT2D eigenvalue weighted by Gasteiger charge is -2.43. The van der Waals surface area contributed by atoms with Crippen LogP contribution in [0.3, 0.4) is 0 Å². The molecule has 0 aromatic carbocycles. The minimum Gasteiger partial charge on any atom is -0.471 e. The summed E-state index contributed by atoms with van der Waals surface area (Å²) in [5.74, 6) is -1.75. The summed E-state index contributed by atoms with van der Waals surface area (Å²) in [6.45, 7) is 2.89. The van der Waals surface area contributed by atoms with E-state index in [1.807, 2.05) is 0 Å². The number of hydrogen-bond donors (Lipinski definition) is 5. The van der Waals surface area contributed by atoms with Crippen molar-refractivity contribution in [2.75, 3.05) is 20.3 Å². The van der Waals surface area contributed by atoms with Crippen LogP contribution in [0, 0.1) is 11.8 Å². The lowest BCUT2D eigenvalue weighted by molar-refractivity contribution is -0.339. The van der Waals surface area contributed by atoms with E-state index in [1.165, 1.54) is 13.2 Å². The molecule has 1 saturated heterocycles. The fourth-order valence-electron chi connectivity index (χ4n) is 3.23. The topological polar surface area (TPSA) is 155 Å². The van der Waals surface area contributed by atoms with Gasteiger partial charge in [-0.15, -0.1) is 6.58 Å². The van der Waals surface area contributed by atoms with Crippen molar-refractivity contribution in [1.82, 2.24) is 0 Å². The molecule has 2 aliphatic heterocycles. The monoisotopic (exact) mass is 390 g/mol. The smallest absolute Gasteiger partial charge is 0.337 e. The van der Waals surface area contributed by atoms with Crippen molar-refractivity contribution in [2.24, 2.45) is 11.8 Å². The Hall–Kier alpha value is -1.53. The average molecular weight is 390 g/mol. The van der Waals surface area contributed by atoms with Gasteiger partial charge in [0.25, 0.3) is 0 Å². The Morgan fingerprint density at radius 2 is 1.93 bits per heavy atom. The Labute approximate surface area is 156 Å². The highest BCUT2D eigenvalue weighted by Crippen LogP contribution is 2.36. The molecule has 0 saturated carbocycles. The minimum absolute atomic E-state index is 0.199. The summed E-state index contributed by atoms with van der Waals surface area (Å²) in [6, 6.07) is 0. The molecule has 0 aliphatic carbocycles. The van der Waals surface area contributed by atoms with Crippen molar-refractivity contribution in [1.29, 1.82) is 0 Å². The summed E-state index contributed by atoms with van der Waals surface area (Å²) in [4.78, 5) is 11.9. The van der Waals surface area contributed by atoms with Gasteiger partial charge < -0.3 is 44.5 Å². The molecule has 2 rings (SSSR count). The van der Waals surface area contributed by atoms with E-state index in [0.717, 1.165) is 6.26 Å². The molecular formula is C17H26O10. The predicted octanol–water partition coefficient (Wildman–Crippen LogP) is -1.98. The van der Waals surface area contributed by atoms with Crippen LogP contribution in [-0.2, 0) is 23.7 Å². The molecule has 0 aromatic rings. The van der Waals surface area contributed by atoms with Gasteiger partial charge in [-0.05, 0) is 6.42 Å². The highest BCUT2D eigenvalue weighted by Gasteiger charge is 2.47. The van der Waals surface area contributed by atoms with Crippen LogP contribution in [0.4, 0.5) is 0 Å². The number of ether oxygens (including phenoxy) is 4. The zero-order valence-corrected chi connectivity index (χ0v) is 14.9. The number of esters is 1. The fourth-order valence-corrected chi connectivity index (χ4v) is 3.23. The number of hydrogen-bond acceptors (Lipinski definition) is 10. The van der Waals surface area contributed by atoms with E-state index in [2.05, 4.69) is 6.58 Å². The van der Waals surface area contributed by atoms with Crippen LogP contribution in [0.25, 0.3) is 0 Å². The third-order valence-corrected chi connectivity index (χ3v) is 4.76. The van der Waals surface area contributed by atoms with Gasteiger partial charge in [0.15, 0.2) is 6.29 Å². The minimum atomic E-state index is -1.60. The van der Waals surface area contributed by atoms with Crippen molar-refractivity contribution in [3.8, 4) is 0 Å². The maximum atomic E-state index is 11.9. The first-order valence-electron chi connectivity index (χ1n) is 8.52. The van der Waals surface area contributed by atoms with Crippen LogP contribution < -0.4 is 0 Å². The molecular weight excluding hydrogens is 364 g/mol. The van der Waals surface area contributed by atoms with Crippen molar-refractivity contribution in [2.45, 2.75) is 43.4 Å². The van der Waals surface area contributed by atoms with Gasteiger partial charge in [0.2, 0.25) is 6.29 Å². The maximum absolute atomic E-state index is 11.9. The molecule has 0 radical (unpaired) electrons. The molecule has 0 amide bonds. The zero-order chi connectivity index (χ0) is 20.1. The number of carbonyl (C=O) groups excluding carboxylic acids is 1. The summed E-state index contributed by atoms with van der Waals surface area (Å²) in [7, 11) is 1.22. The maximum Gasteiger partial charge on any atom is 0.337 e. The molecule has 10 nitrogen and oxygen atoms in total. The van der Waals surface area contributed by atoms with E-state index < -0.39 is 61.4 Å². The standard InChI is InChI=1S/C17H26O10/c1-3-8-9(4-5-18)10(15(23)24-2)7-25-16(8)27-17-14(22)13(21)12(20)11(6-19)26-17/h3,7-9,11-14,16-22H,1,4-6H2,2H3/t8-,9+,11-,12-,13+,14-,16+,17+/m1/s1. The van der Waals surface area contributed by atoms with Crippen LogP contribution in [-0.4, -0.2) is 88.8 Å². The first kappa shape index (κ1) is 21.8. The van der Waals surface area contributed by atoms with Gasteiger partial charge in [-0.1, -0.05) is 6.08 Å². The summed E-state index contributed by atoms with van der Waals surface area (Å²) >= 11 is 0. The Morgan fingerprint density at radius 1 is 1.22 bits per heavy atom. The highest BCUT2D eigenvalue weighted by atomic mass is 16.8. The van der Waals surface area contributed by atoms with E-state index >= 15 is 0 Å². The summed E-state index contributed by atoms with van der Waals surface area (Å²) in [5, 5.41) is 48.4. The van der Waals surface area contributed by atoms with Gasteiger partial charge in [0.05, 0.1) is 25.6 Å². The molecule has 154 valence electrons. The summed E-state index contributed by atoms with van der Waals surface area (Å²) in [5.41, 5.74) is 0.199.